The Balaban J connectivity index is 0. The molecule has 170 valence electrons. The number of rotatable bonds is 22. The van der Waals surface area contributed by atoms with Gasteiger partial charge in [0.05, 0.1) is 16.2 Å². The zero-order chi connectivity index (χ0) is 20.9. The Bertz CT molecular complexity index is 415. The molecule has 4 nitrogen and oxygen atoms in total. The van der Waals surface area contributed by atoms with Crippen molar-refractivity contribution >= 4 is 10.1 Å². The zero-order valence-electron chi connectivity index (χ0n) is 19.5. The van der Waals surface area contributed by atoms with Gasteiger partial charge in [0.25, 0.3) is 0 Å². The molecule has 0 heterocycles. The summed E-state index contributed by atoms with van der Waals surface area (Å²) in [5, 5.41) is 9.99. The second kappa shape index (κ2) is 23.5. The van der Waals surface area contributed by atoms with E-state index in [2.05, 4.69) is 6.92 Å². The van der Waals surface area contributed by atoms with Crippen LogP contribution in [0.1, 0.15) is 135 Å². The third kappa shape index (κ3) is 28.9. The van der Waals surface area contributed by atoms with Gasteiger partial charge < -0.3 is 9.66 Å². The van der Waals surface area contributed by atoms with Crippen molar-refractivity contribution in [1.82, 2.24) is 0 Å². The van der Waals surface area contributed by atoms with Crippen LogP contribution in [-0.4, -0.2) is 29.9 Å². The summed E-state index contributed by atoms with van der Waals surface area (Å²) in [4.78, 5) is 0. The first kappa shape index (κ1) is 32.1. The predicted octanol–water partition coefficient (Wildman–Crippen LogP) is 3.72. The van der Waals surface area contributed by atoms with Gasteiger partial charge in [-0.2, -0.15) is 0 Å². The van der Waals surface area contributed by atoms with E-state index in [4.69, 9.17) is 0 Å². The van der Waals surface area contributed by atoms with Gasteiger partial charge in [-0.1, -0.05) is 116 Å². The number of aliphatic hydroxyl groups excluding tert-OH is 1. The maximum atomic E-state index is 10.5. The molecule has 1 unspecified atom stereocenters. The van der Waals surface area contributed by atoms with E-state index in [0.717, 1.165) is 32.1 Å². The molecule has 0 aromatic rings. The molecule has 0 bridgehead atoms. The Kier molecular flexibility index (Phi) is 26.0. The summed E-state index contributed by atoms with van der Waals surface area (Å²) in [6.07, 6.45) is 23.3. The van der Waals surface area contributed by atoms with Gasteiger partial charge in [-0.05, 0) is 19.3 Å². The average molecular weight is 443 g/mol. The minimum Gasteiger partial charge on any atom is -0.748 e. The largest absolute Gasteiger partial charge is 1.00 e. The summed E-state index contributed by atoms with van der Waals surface area (Å²) in [5.74, 6) is -0.203. The molecular weight excluding hydrogens is 395 g/mol. The van der Waals surface area contributed by atoms with Crippen LogP contribution in [0.25, 0.3) is 0 Å². The molecule has 0 amide bonds. The molecule has 1 N–H and O–H groups in total. The number of hydrogen-bond donors (Lipinski definition) is 1. The molecule has 0 aliphatic rings. The number of aliphatic hydroxyl groups is 1. The predicted molar refractivity (Wildman–Crippen MR) is 119 cm³/mol. The first-order chi connectivity index (χ1) is 13.5. The molecular formula is C23H47NaO4S. The monoisotopic (exact) mass is 442 g/mol. The van der Waals surface area contributed by atoms with Crippen LogP contribution in [0.15, 0.2) is 0 Å². The first-order valence-corrected chi connectivity index (χ1v) is 13.6. The van der Waals surface area contributed by atoms with Crippen molar-refractivity contribution in [2.24, 2.45) is 0 Å². The molecule has 0 rings (SSSR count). The quantitative estimate of drug-likeness (QED) is 0.157. The topological polar surface area (TPSA) is 77.4 Å². The molecule has 0 saturated carbocycles. The Hall–Kier alpha value is 0.870. The first-order valence-electron chi connectivity index (χ1n) is 12.1. The van der Waals surface area contributed by atoms with Crippen LogP contribution in [0.5, 0.6) is 0 Å². The maximum Gasteiger partial charge on any atom is 1.00 e. The molecule has 29 heavy (non-hydrogen) atoms. The van der Waals surface area contributed by atoms with Gasteiger partial charge in [0.1, 0.15) is 0 Å². The van der Waals surface area contributed by atoms with Gasteiger partial charge in [-0.15, -0.1) is 0 Å². The van der Waals surface area contributed by atoms with Crippen LogP contribution in [-0.2, 0) is 10.1 Å². The van der Waals surface area contributed by atoms with E-state index in [-0.39, 0.29) is 41.4 Å². The Morgan fingerprint density at radius 2 is 0.931 bits per heavy atom. The van der Waals surface area contributed by atoms with Gasteiger partial charge in [0.15, 0.2) is 0 Å². The van der Waals surface area contributed by atoms with E-state index in [1.807, 2.05) is 0 Å². The minimum absolute atomic E-state index is 0. The van der Waals surface area contributed by atoms with Crippen LogP contribution in [0.4, 0.5) is 0 Å². The van der Waals surface area contributed by atoms with Gasteiger partial charge in [-0.25, -0.2) is 8.42 Å². The second-order valence-electron chi connectivity index (χ2n) is 8.50. The van der Waals surface area contributed by atoms with E-state index in [0.29, 0.717) is 6.42 Å². The van der Waals surface area contributed by atoms with Crippen LogP contribution >= 0.6 is 0 Å². The van der Waals surface area contributed by atoms with Crippen molar-refractivity contribution in [1.29, 1.82) is 0 Å². The van der Waals surface area contributed by atoms with Crippen LogP contribution < -0.4 is 29.6 Å². The van der Waals surface area contributed by atoms with Crippen LogP contribution in [0.2, 0.25) is 0 Å². The fourth-order valence-electron chi connectivity index (χ4n) is 3.73. The smallest absolute Gasteiger partial charge is 0.748 e. The molecule has 0 aromatic carbocycles. The molecule has 0 aliphatic carbocycles. The second-order valence-corrected chi connectivity index (χ2v) is 10.0. The summed E-state index contributed by atoms with van der Waals surface area (Å²) in [5.41, 5.74) is 0. The third-order valence-corrected chi connectivity index (χ3v) is 6.36. The Morgan fingerprint density at radius 1 is 0.621 bits per heavy atom. The molecule has 1 atom stereocenters. The molecule has 0 aromatic heterocycles. The van der Waals surface area contributed by atoms with Gasteiger partial charge in [-0.3, -0.25) is 0 Å². The van der Waals surface area contributed by atoms with Crippen molar-refractivity contribution in [2.45, 2.75) is 141 Å². The molecule has 0 spiro atoms. The van der Waals surface area contributed by atoms with E-state index in [1.54, 1.807) is 0 Å². The van der Waals surface area contributed by atoms with Crippen molar-refractivity contribution in [3.63, 3.8) is 0 Å². The SMILES string of the molecule is CCCCCCCC(O)CCCCCCCCCCCCCCCS(=O)(=O)[O-].[Na+]. The number of hydrogen-bond acceptors (Lipinski definition) is 4. The summed E-state index contributed by atoms with van der Waals surface area (Å²) >= 11 is 0. The van der Waals surface area contributed by atoms with E-state index < -0.39 is 10.1 Å². The van der Waals surface area contributed by atoms with Crippen LogP contribution in [0.3, 0.4) is 0 Å². The fraction of sp³-hybridized carbons (Fsp3) is 1.00. The summed E-state index contributed by atoms with van der Waals surface area (Å²) in [6, 6.07) is 0. The molecule has 0 fully saturated rings. The summed E-state index contributed by atoms with van der Waals surface area (Å²) in [6.45, 7) is 2.23. The summed E-state index contributed by atoms with van der Waals surface area (Å²) in [7, 11) is -4.01. The molecule has 6 heteroatoms. The average Bonchev–Trinajstić information content (AvgIpc) is 2.63. The van der Waals surface area contributed by atoms with Gasteiger partial charge in [0, 0.05) is 5.75 Å². The van der Waals surface area contributed by atoms with Gasteiger partial charge in [0.2, 0.25) is 0 Å². The standard InChI is InChI=1S/C23H48O4S.Na/c1-2-3-4-14-17-20-23(24)21-18-15-12-10-8-6-5-7-9-11-13-16-19-22-28(25,26)27;/h23-24H,2-22H2,1H3,(H,25,26,27);/q;+1/p-1. The normalized spacial score (nSPS) is 12.7. The van der Waals surface area contributed by atoms with Crippen LogP contribution in [0, 0.1) is 0 Å². The minimum atomic E-state index is -4.01. The molecule has 0 saturated heterocycles. The van der Waals surface area contributed by atoms with Crippen molar-refractivity contribution < 1.29 is 47.6 Å². The van der Waals surface area contributed by atoms with Crippen molar-refractivity contribution in [3.8, 4) is 0 Å². The molecule has 0 radical (unpaired) electrons. The third-order valence-electron chi connectivity index (χ3n) is 5.57. The maximum absolute atomic E-state index is 10.5. The van der Waals surface area contributed by atoms with E-state index >= 15 is 0 Å². The Morgan fingerprint density at radius 3 is 1.28 bits per heavy atom. The summed E-state index contributed by atoms with van der Waals surface area (Å²) < 4.78 is 31.4. The Labute approximate surface area is 204 Å². The fourth-order valence-corrected chi connectivity index (χ4v) is 4.29. The van der Waals surface area contributed by atoms with Crippen molar-refractivity contribution in [2.75, 3.05) is 5.75 Å². The van der Waals surface area contributed by atoms with Crippen molar-refractivity contribution in [3.05, 3.63) is 0 Å². The van der Waals surface area contributed by atoms with E-state index in [9.17, 15) is 18.1 Å². The molecule has 0 aliphatic heterocycles. The zero-order valence-corrected chi connectivity index (χ0v) is 22.3. The van der Waals surface area contributed by atoms with Gasteiger partial charge >= 0.3 is 29.6 Å². The number of unbranched alkanes of at least 4 members (excludes halogenated alkanes) is 16. The van der Waals surface area contributed by atoms with E-state index in [1.165, 1.54) is 89.9 Å².